The van der Waals surface area contributed by atoms with Crippen LogP contribution in [0.1, 0.15) is 12.0 Å². The molecule has 0 atom stereocenters. The molecule has 2 rings (SSSR count). The Morgan fingerprint density at radius 3 is 2.56 bits per heavy atom. The van der Waals surface area contributed by atoms with E-state index < -0.39 is 0 Å². The number of aryl methyl sites for hydroxylation is 1. The van der Waals surface area contributed by atoms with Crippen LogP contribution in [0.4, 0.5) is 11.4 Å². The standard InChI is InChI=1S/C15H16N2O/c16-13-7-4-8-14(11-13)17-15(18)10-9-12-5-2-1-3-6-12/h1-8,11H,9-10,16H2,(H,17,18). The zero-order valence-electron chi connectivity index (χ0n) is 10.1. The summed E-state index contributed by atoms with van der Waals surface area (Å²) >= 11 is 0. The Balaban J connectivity index is 1.86. The average molecular weight is 240 g/mol. The number of nitrogens with one attached hydrogen (secondary N) is 1. The predicted molar refractivity (Wildman–Crippen MR) is 74.2 cm³/mol. The summed E-state index contributed by atoms with van der Waals surface area (Å²) < 4.78 is 0. The lowest BCUT2D eigenvalue weighted by Gasteiger charge is -2.06. The van der Waals surface area contributed by atoms with Crippen molar-refractivity contribution in [3.8, 4) is 0 Å². The van der Waals surface area contributed by atoms with Crippen molar-refractivity contribution in [2.45, 2.75) is 12.8 Å². The number of rotatable bonds is 4. The highest BCUT2D eigenvalue weighted by atomic mass is 16.1. The number of amides is 1. The second-order valence-electron chi connectivity index (χ2n) is 4.16. The Morgan fingerprint density at radius 1 is 1.06 bits per heavy atom. The van der Waals surface area contributed by atoms with Gasteiger partial charge in [-0.05, 0) is 30.2 Å². The molecule has 3 nitrogen and oxygen atoms in total. The summed E-state index contributed by atoms with van der Waals surface area (Å²) in [5.41, 5.74) is 8.21. The van der Waals surface area contributed by atoms with Gasteiger partial charge in [0.05, 0.1) is 0 Å². The van der Waals surface area contributed by atoms with Gasteiger partial charge >= 0.3 is 0 Å². The van der Waals surface area contributed by atoms with E-state index in [2.05, 4.69) is 5.32 Å². The number of nitrogens with two attached hydrogens (primary N) is 1. The molecule has 0 heterocycles. The van der Waals surface area contributed by atoms with Gasteiger partial charge < -0.3 is 11.1 Å². The van der Waals surface area contributed by atoms with Crippen molar-refractivity contribution < 1.29 is 4.79 Å². The summed E-state index contributed by atoms with van der Waals surface area (Å²) in [6.07, 6.45) is 1.22. The van der Waals surface area contributed by atoms with Crippen LogP contribution in [0.15, 0.2) is 54.6 Å². The van der Waals surface area contributed by atoms with Crippen molar-refractivity contribution in [3.05, 3.63) is 60.2 Å². The van der Waals surface area contributed by atoms with E-state index in [4.69, 9.17) is 5.73 Å². The molecule has 0 spiro atoms. The van der Waals surface area contributed by atoms with E-state index in [1.165, 1.54) is 5.56 Å². The van der Waals surface area contributed by atoms with Gasteiger partial charge in [-0.2, -0.15) is 0 Å². The quantitative estimate of drug-likeness (QED) is 0.807. The SMILES string of the molecule is Nc1cccc(NC(=O)CCc2ccccc2)c1. The average Bonchev–Trinajstić information content (AvgIpc) is 2.38. The predicted octanol–water partition coefficient (Wildman–Crippen LogP) is 2.84. The summed E-state index contributed by atoms with van der Waals surface area (Å²) in [6, 6.07) is 17.2. The minimum atomic E-state index is 0.00412. The summed E-state index contributed by atoms with van der Waals surface area (Å²) in [7, 11) is 0. The Kier molecular flexibility index (Phi) is 3.97. The van der Waals surface area contributed by atoms with Crippen LogP contribution >= 0.6 is 0 Å². The first kappa shape index (κ1) is 12.2. The van der Waals surface area contributed by atoms with Crippen LogP contribution in [0.3, 0.4) is 0 Å². The van der Waals surface area contributed by atoms with Gasteiger partial charge in [0.15, 0.2) is 0 Å². The van der Waals surface area contributed by atoms with Crippen LogP contribution in [0, 0.1) is 0 Å². The number of carbonyl (C=O) groups is 1. The summed E-state index contributed by atoms with van der Waals surface area (Å²) in [6.45, 7) is 0. The lowest BCUT2D eigenvalue weighted by molar-refractivity contribution is -0.116. The van der Waals surface area contributed by atoms with Crippen molar-refractivity contribution in [2.75, 3.05) is 11.1 Å². The molecular weight excluding hydrogens is 224 g/mol. The zero-order chi connectivity index (χ0) is 12.8. The second kappa shape index (κ2) is 5.87. The van der Waals surface area contributed by atoms with Crippen molar-refractivity contribution >= 4 is 17.3 Å². The maximum atomic E-state index is 11.7. The first-order chi connectivity index (χ1) is 8.74. The van der Waals surface area contributed by atoms with E-state index in [0.717, 1.165) is 12.1 Å². The highest BCUT2D eigenvalue weighted by Crippen LogP contribution is 2.12. The molecule has 18 heavy (non-hydrogen) atoms. The smallest absolute Gasteiger partial charge is 0.224 e. The first-order valence-corrected chi connectivity index (χ1v) is 5.93. The van der Waals surface area contributed by atoms with Gasteiger partial charge in [0.2, 0.25) is 5.91 Å². The topological polar surface area (TPSA) is 55.1 Å². The number of anilines is 2. The molecule has 0 aromatic heterocycles. The number of hydrogen-bond acceptors (Lipinski definition) is 2. The Morgan fingerprint density at radius 2 is 1.83 bits per heavy atom. The van der Waals surface area contributed by atoms with Gasteiger partial charge in [0, 0.05) is 17.8 Å². The van der Waals surface area contributed by atoms with Crippen LogP contribution in [-0.4, -0.2) is 5.91 Å². The van der Waals surface area contributed by atoms with E-state index in [-0.39, 0.29) is 5.91 Å². The van der Waals surface area contributed by atoms with E-state index in [1.807, 2.05) is 42.5 Å². The molecule has 0 bridgehead atoms. The third-order valence-corrected chi connectivity index (χ3v) is 2.65. The fraction of sp³-hybridized carbons (Fsp3) is 0.133. The largest absolute Gasteiger partial charge is 0.399 e. The minimum absolute atomic E-state index is 0.00412. The zero-order valence-corrected chi connectivity index (χ0v) is 10.1. The maximum Gasteiger partial charge on any atom is 0.224 e. The number of benzene rings is 2. The molecule has 2 aromatic rings. The highest BCUT2D eigenvalue weighted by molar-refractivity contribution is 5.91. The summed E-state index contributed by atoms with van der Waals surface area (Å²) in [4.78, 5) is 11.7. The van der Waals surface area contributed by atoms with Gasteiger partial charge in [0.25, 0.3) is 0 Å². The van der Waals surface area contributed by atoms with Crippen molar-refractivity contribution in [1.82, 2.24) is 0 Å². The van der Waals surface area contributed by atoms with Crippen LogP contribution < -0.4 is 11.1 Å². The molecule has 3 N–H and O–H groups in total. The van der Waals surface area contributed by atoms with Crippen LogP contribution in [0.2, 0.25) is 0 Å². The third kappa shape index (κ3) is 3.63. The number of hydrogen-bond donors (Lipinski definition) is 2. The first-order valence-electron chi connectivity index (χ1n) is 5.93. The molecule has 0 saturated heterocycles. The van der Waals surface area contributed by atoms with E-state index in [0.29, 0.717) is 12.1 Å². The lowest BCUT2D eigenvalue weighted by Crippen LogP contribution is -2.12. The van der Waals surface area contributed by atoms with Gasteiger partial charge in [-0.25, -0.2) is 0 Å². The van der Waals surface area contributed by atoms with Gasteiger partial charge in [0.1, 0.15) is 0 Å². The Bertz CT molecular complexity index is 523. The van der Waals surface area contributed by atoms with Gasteiger partial charge in [-0.3, -0.25) is 4.79 Å². The van der Waals surface area contributed by atoms with Gasteiger partial charge in [-0.15, -0.1) is 0 Å². The third-order valence-electron chi connectivity index (χ3n) is 2.65. The molecule has 0 unspecified atom stereocenters. The Labute approximate surface area is 107 Å². The van der Waals surface area contributed by atoms with Crippen molar-refractivity contribution in [3.63, 3.8) is 0 Å². The normalized spacial score (nSPS) is 10.0. The van der Waals surface area contributed by atoms with E-state index >= 15 is 0 Å². The molecule has 0 aliphatic carbocycles. The fourth-order valence-electron chi connectivity index (χ4n) is 1.74. The molecule has 0 radical (unpaired) electrons. The van der Waals surface area contributed by atoms with Crippen molar-refractivity contribution in [2.24, 2.45) is 0 Å². The molecule has 2 aromatic carbocycles. The molecule has 92 valence electrons. The molecule has 0 fully saturated rings. The molecule has 1 amide bonds. The number of carbonyl (C=O) groups excluding carboxylic acids is 1. The maximum absolute atomic E-state index is 11.7. The molecule has 3 heteroatoms. The van der Waals surface area contributed by atoms with Crippen LogP contribution in [0.5, 0.6) is 0 Å². The van der Waals surface area contributed by atoms with Gasteiger partial charge in [-0.1, -0.05) is 36.4 Å². The van der Waals surface area contributed by atoms with E-state index in [9.17, 15) is 4.79 Å². The monoisotopic (exact) mass is 240 g/mol. The summed E-state index contributed by atoms with van der Waals surface area (Å²) in [5, 5.41) is 2.83. The second-order valence-corrected chi connectivity index (χ2v) is 4.16. The lowest BCUT2D eigenvalue weighted by atomic mass is 10.1. The highest BCUT2D eigenvalue weighted by Gasteiger charge is 2.03. The molecule has 0 saturated carbocycles. The molecule has 0 aliphatic heterocycles. The summed E-state index contributed by atoms with van der Waals surface area (Å²) in [5.74, 6) is 0.00412. The van der Waals surface area contributed by atoms with E-state index in [1.54, 1.807) is 12.1 Å². The fourth-order valence-corrected chi connectivity index (χ4v) is 1.74. The van der Waals surface area contributed by atoms with Crippen LogP contribution in [0.25, 0.3) is 0 Å². The Hall–Kier alpha value is -2.29. The molecular formula is C15H16N2O. The van der Waals surface area contributed by atoms with Crippen molar-refractivity contribution in [1.29, 1.82) is 0 Å². The number of nitrogen functional groups attached to an aromatic ring is 1. The molecule has 0 aliphatic rings. The minimum Gasteiger partial charge on any atom is -0.399 e. The van der Waals surface area contributed by atoms with Crippen LogP contribution in [-0.2, 0) is 11.2 Å².